The Morgan fingerprint density at radius 1 is 1.38 bits per heavy atom. The van der Waals surface area contributed by atoms with Gasteiger partial charge < -0.3 is 9.47 Å². The van der Waals surface area contributed by atoms with Crippen molar-refractivity contribution < 1.29 is 9.47 Å². The molecule has 0 aromatic rings. The molecule has 0 aromatic heterocycles. The normalized spacial score (nSPS) is 52.2. The van der Waals surface area contributed by atoms with Crippen molar-refractivity contribution >= 4 is 0 Å². The van der Waals surface area contributed by atoms with E-state index in [1.54, 1.807) is 0 Å². The summed E-state index contributed by atoms with van der Waals surface area (Å²) in [6.45, 7) is 7.21. The smallest absolute Gasteiger partial charge is 0.1000 e. The Kier molecular flexibility index (Phi) is 2.13. The number of nitrogens with zero attached hydrogens (tertiary/aromatic N) is 1. The molecule has 2 aliphatic heterocycles. The van der Waals surface area contributed by atoms with E-state index in [4.69, 9.17) is 9.47 Å². The highest BCUT2D eigenvalue weighted by molar-refractivity contribution is 5.01. The fraction of sp³-hybridized carbons (Fsp3) is 1.00. The van der Waals surface area contributed by atoms with E-state index in [-0.39, 0.29) is 11.7 Å². The Morgan fingerprint density at radius 3 is 2.77 bits per heavy atom. The van der Waals surface area contributed by atoms with Gasteiger partial charge in [-0.05, 0) is 27.8 Å². The minimum Gasteiger partial charge on any atom is -0.374 e. The van der Waals surface area contributed by atoms with Crippen LogP contribution in [0.2, 0.25) is 0 Å². The average Bonchev–Trinajstić information content (AvgIpc) is 2.26. The van der Waals surface area contributed by atoms with Crippen LogP contribution in [0.15, 0.2) is 0 Å². The predicted molar refractivity (Wildman–Crippen MR) is 50.5 cm³/mol. The molecule has 3 heteroatoms. The average molecular weight is 185 g/mol. The summed E-state index contributed by atoms with van der Waals surface area (Å²) in [6, 6.07) is 0.420. The van der Waals surface area contributed by atoms with Gasteiger partial charge in [-0.25, -0.2) is 0 Å². The molecule has 4 unspecified atom stereocenters. The van der Waals surface area contributed by atoms with E-state index in [0.29, 0.717) is 12.1 Å². The van der Waals surface area contributed by atoms with E-state index >= 15 is 0 Å². The van der Waals surface area contributed by atoms with Gasteiger partial charge in [-0.15, -0.1) is 0 Å². The van der Waals surface area contributed by atoms with Crippen LogP contribution in [0.3, 0.4) is 0 Å². The SMILES string of the molecule is CC1CC2(C)OCN(C)C2C(C)O1. The molecule has 3 nitrogen and oxygen atoms in total. The van der Waals surface area contributed by atoms with Gasteiger partial charge >= 0.3 is 0 Å². The van der Waals surface area contributed by atoms with Crippen LogP contribution in [-0.4, -0.2) is 42.5 Å². The highest BCUT2D eigenvalue weighted by atomic mass is 16.6. The second kappa shape index (κ2) is 2.94. The molecule has 76 valence electrons. The Bertz CT molecular complexity index is 209. The lowest BCUT2D eigenvalue weighted by Crippen LogP contribution is -2.55. The van der Waals surface area contributed by atoms with Crippen molar-refractivity contribution in [2.45, 2.75) is 51.0 Å². The summed E-state index contributed by atoms with van der Waals surface area (Å²) in [5.41, 5.74) is 0.00579. The number of hydrogen-bond acceptors (Lipinski definition) is 3. The Balaban J connectivity index is 2.21. The molecule has 0 aliphatic carbocycles. The molecule has 2 fully saturated rings. The van der Waals surface area contributed by atoms with Crippen LogP contribution in [0, 0.1) is 0 Å². The van der Waals surface area contributed by atoms with Gasteiger partial charge in [0.25, 0.3) is 0 Å². The Labute approximate surface area is 80.0 Å². The third-order valence-corrected chi connectivity index (χ3v) is 3.28. The molecule has 0 aromatic carbocycles. The Morgan fingerprint density at radius 2 is 2.08 bits per heavy atom. The van der Waals surface area contributed by atoms with E-state index in [1.165, 1.54) is 0 Å². The fourth-order valence-electron chi connectivity index (χ4n) is 2.98. The lowest BCUT2D eigenvalue weighted by molar-refractivity contribution is -0.134. The second-order valence-electron chi connectivity index (χ2n) is 4.64. The van der Waals surface area contributed by atoms with Crippen molar-refractivity contribution in [1.82, 2.24) is 4.90 Å². The summed E-state index contributed by atoms with van der Waals surface area (Å²) in [5.74, 6) is 0. The quantitative estimate of drug-likeness (QED) is 0.566. The highest BCUT2D eigenvalue weighted by Crippen LogP contribution is 2.38. The summed E-state index contributed by atoms with van der Waals surface area (Å²) < 4.78 is 11.7. The number of hydrogen-bond donors (Lipinski definition) is 0. The first kappa shape index (κ1) is 9.44. The monoisotopic (exact) mass is 185 g/mol. The van der Waals surface area contributed by atoms with Crippen LogP contribution in [0.4, 0.5) is 0 Å². The molecule has 2 aliphatic rings. The van der Waals surface area contributed by atoms with Gasteiger partial charge in [0.2, 0.25) is 0 Å². The molecule has 0 N–H and O–H groups in total. The minimum atomic E-state index is 0.00579. The number of ether oxygens (including phenoxy) is 2. The molecule has 0 saturated carbocycles. The van der Waals surface area contributed by atoms with Crippen molar-refractivity contribution in [2.24, 2.45) is 0 Å². The maximum Gasteiger partial charge on any atom is 0.1000 e. The molecule has 0 radical (unpaired) electrons. The summed E-state index contributed by atoms with van der Waals surface area (Å²) in [6.07, 6.45) is 1.61. The molecule has 2 saturated heterocycles. The molecular formula is C10H19NO2. The van der Waals surface area contributed by atoms with Crippen LogP contribution in [-0.2, 0) is 9.47 Å². The molecular weight excluding hydrogens is 166 g/mol. The van der Waals surface area contributed by atoms with Crippen molar-refractivity contribution in [3.63, 3.8) is 0 Å². The lowest BCUT2D eigenvalue weighted by atomic mass is 9.84. The number of rotatable bonds is 0. The number of likely N-dealkylation sites (N-methyl/N-ethyl adjacent to an activating group) is 1. The van der Waals surface area contributed by atoms with Crippen molar-refractivity contribution in [2.75, 3.05) is 13.8 Å². The molecule has 2 heterocycles. The topological polar surface area (TPSA) is 21.7 Å². The van der Waals surface area contributed by atoms with E-state index < -0.39 is 0 Å². The zero-order valence-electron chi connectivity index (χ0n) is 8.91. The largest absolute Gasteiger partial charge is 0.374 e. The first-order valence-electron chi connectivity index (χ1n) is 5.02. The van der Waals surface area contributed by atoms with E-state index in [2.05, 4.69) is 32.7 Å². The van der Waals surface area contributed by atoms with Gasteiger partial charge in [-0.1, -0.05) is 0 Å². The predicted octanol–water partition coefficient (Wildman–Crippen LogP) is 1.23. The van der Waals surface area contributed by atoms with Gasteiger partial charge in [-0.3, -0.25) is 4.90 Å². The molecule has 0 bridgehead atoms. The molecule has 4 atom stereocenters. The van der Waals surface area contributed by atoms with Crippen LogP contribution >= 0.6 is 0 Å². The fourth-order valence-corrected chi connectivity index (χ4v) is 2.98. The highest BCUT2D eigenvalue weighted by Gasteiger charge is 2.50. The van der Waals surface area contributed by atoms with Crippen LogP contribution in [0.1, 0.15) is 27.2 Å². The van der Waals surface area contributed by atoms with E-state index in [1.807, 2.05) is 0 Å². The van der Waals surface area contributed by atoms with Gasteiger partial charge in [0.05, 0.1) is 30.6 Å². The van der Waals surface area contributed by atoms with Crippen molar-refractivity contribution in [1.29, 1.82) is 0 Å². The molecule has 2 rings (SSSR count). The Hall–Kier alpha value is -0.120. The van der Waals surface area contributed by atoms with Gasteiger partial charge in [0, 0.05) is 6.42 Å². The summed E-state index contributed by atoms with van der Waals surface area (Å²) in [7, 11) is 2.10. The van der Waals surface area contributed by atoms with Gasteiger partial charge in [-0.2, -0.15) is 0 Å². The summed E-state index contributed by atoms with van der Waals surface area (Å²) >= 11 is 0. The number of fused-ring (bicyclic) bond motifs is 1. The maximum absolute atomic E-state index is 5.84. The lowest BCUT2D eigenvalue weighted by Gasteiger charge is -2.43. The molecule has 13 heavy (non-hydrogen) atoms. The minimum absolute atomic E-state index is 0.00579. The van der Waals surface area contributed by atoms with Crippen LogP contribution < -0.4 is 0 Å². The second-order valence-corrected chi connectivity index (χ2v) is 4.64. The summed E-state index contributed by atoms with van der Waals surface area (Å²) in [5, 5.41) is 0. The molecule has 0 amide bonds. The van der Waals surface area contributed by atoms with E-state index in [9.17, 15) is 0 Å². The van der Waals surface area contributed by atoms with Gasteiger partial charge in [0.15, 0.2) is 0 Å². The van der Waals surface area contributed by atoms with Crippen molar-refractivity contribution in [3.8, 4) is 0 Å². The summed E-state index contributed by atoms with van der Waals surface area (Å²) in [4.78, 5) is 2.25. The van der Waals surface area contributed by atoms with Crippen LogP contribution in [0.25, 0.3) is 0 Å². The van der Waals surface area contributed by atoms with Crippen LogP contribution in [0.5, 0.6) is 0 Å². The van der Waals surface area contributed by atoms with Gasteiger partial charge in [0.1, 0.15) is 0 Å². The maximum atomic E-state index is 5.84. The first-order chi connectivity index (χ1) is 6.03. The zero-order chi connectivity index (χ0) is 9.64. The van der Waals surface area contributed by atoms with E-state index in [0.717, 1.165) is 13.2 Å². The standard InChI is InChI=1S/C10H19NO2/c1-7-5-10(3)9(8(2)13-7)11(4)6-12-10/h7-9H,5-6H2,1-4H3. The first-order valence-corrected chi connectivity index (χ1v) is 5.02. The molecule has 0 spiro atoms. The van der Waals surface area contributed by atoms with Crippen molar-refractivity contribution in [3.05, 3.63) is 0 Å². The third kappa shape index (κ3) is 1.39. The third-order valence-electron chi connectivity index (χ3n) is 3.28. The zero-order valence-corrected chi connectivity index (χ0v) is 8.91.